The molecule has 0 aliphatic carbocycles. The van der Waals surface area contributed by atoms with E-state index in [4.69, 9.17) is 4.99 Å². The van der Waals surface area contributed by atoms with E-state index in [-0.39, 0.29) is 0 Å². The van der Waals surface area contributed by atoms with E-state index < -0.39 is 0 Å². The predicted octanol–water partition coefficient (Wildman–Crippen LogP) is 2.70. The number of guanidine groups is 1. The van der Waals surface area contributed by atoms with Crippen molar-refractivity contribution in [3.05, 3.63) is 29.8 Å². The van der Waals surface area contributed by atoms with Gasteiger partial charge in [0.2, 0.25) is 5.96 Å². The fourth-order valence-corrected chi connectivity index (χ4v) is 1.80. The van der Waals surface area contributed by atoms with E-state index in [1.807, 2.05) is 44.1 Å². The average Bonchev–Trinajstić information content (AvgIpc) is 2.38. The average molecular weight is 392 g/mol. The minimum absolute atomic E-state index is 0.897. The number of benzene rings is 1. The van der Waals surface area contributed by atoms with Crippen molar-refractivity contribution >= 4 is 25.8 Å². The third kappa shape index (κ3) is 6.75. The predicted molar refractivity (Wildman–Crippen MR) is 87.2 cm³/mol. The number of hydrogen-bond acceptors (Lipinski definition) is 2. The first-order chi connectivity index (χ1) is 9.41. The second kappa shape index (κ2) is 10.2. The number of para-hydroxylation sites is 1. The fraction of sp³-hybridized carbons (Fsp3) is 0.500. The molecule has 1 aromatic rings. The molecule has 0 aliphatic rings. The summed E-state index contributed by atoms with van der Waals surface area (Å²) in [7, 11) is 12.2. The molecule has 4 nitrogen and oxygen atoms in total. The second-order valence-corrected chi connectivity index (χ2v) is 5.07. The van der Waals surface area contributed by atoms with E-state index in [2.05, 4.69) is 65.5 Å². The Morgan fingerprint density at radius 1 is 1.00 bits per heavy atom. The standard InChI is InChI=1S/C14H24N4.BrH.Cu/c1-16(2)11-12-9-7-8-10-13(12)15-14(17(3)4)18(5)6;;/h7-10H,11H2,1-6H3;1H;/q;;+1/p-1. The quantitative estimate of drug-likeness (QED) is 0.449. The van der Waals surface area contributed by atoms with Crippen LogP contribution in [0.1, 0.15) is 5.56 Å². The summed E-state index contributed by atoms with van der Waals surface area (Å²) in [6.45, 7) is 0.897. The van der Waals surface area contributed by atoms with E-state index in [0.717, 1.165) is 18.2 Å². The summed E-state index contributed by atoms with van der Waals surface area (Å²) in [4.78, 5) is 10.9. The van der Waals surface area contributed by atoms with Crippen LogP contribution in [-0.4, -0.2) is 62.9 Å². The molecule has 6 heteroatoms. The van der Waals surface area contributed by atoms with Crippen LogP contribution in [0, 0.1) is 0 Å². The van der Waals surface area contributed by atoms with Gasteiger partial charge in [-0.3, -0.25) is 0 Å². The number of halogens is 1. The van der Waals surface area contributed by atoms with E-state index >= 15 is 0 Å². The van der Waals surface area contributed by atoms with Gasteiger partial charge in [0.1, 0.15) is 0 Å². The molecule has 0 amide bonds. The van der Waals surface area contributed by atoms with Crippen LogP contribution in [0.25, 0.3) is 0 Å². The summed E-state index contributed by atoms with van der Waals surface area (Å²) in [6, 6.07) is 8.28. The van der Waals surface area contributed by atoms with Gasteiger partial charge in [-0.05, 0) is 25.7 Å². The molecule has 0 saturated carbocycles. The van der Waals surface area contributed by atoms with Crippen LogP contribution in [0.5, 0.6) is 0 Å². The van der Waals surface area contributed by atoms with Gasteiger partial charge in [0, 0.05) is 34.7 Å². The molecule has 1 aromatic carbocycles. The molecule has 0 spiro atoms. The Bertz CT molecular complexity index is 409. The Kier molecular flexibility index (Phi) is 9.93. The zero-order valence-corrected chi connectivity index (χ0v) is 15.5. The van der Waals surface area contributed by atoms with Gasteiger partial charge >= 0.3 is 28.3 Å². The minimum atomic E-state index is 0.897. The summed E-state index contributed by atoms with van der Waals surface area (Å²) >= 11 is 6.50. The van der Waals surface area contributed by atoms with Gasteiger partial charge < -0.3 is 14.7 Å². The van der Waals surface area contributed by atoms with Crippen LogP contribution in [-0.2, 0) is 20.7 Å². The summed E-state index contributed by atoms with van der Waals surface area (Å²) in [5.74, 6) is 0.946. The second-order valence-electron chi connectivity index (χ2n) is 5.07. The van der Waals surface area contributed by atoms with Gasteiger partial charge in [-0.1, -0.05) is 18.2 Å². The number of hydrogen-bond donors (Lipinski definition) is 0. The molecule has 0 aromatic heterocycles. The molecule has 0 saturated heterocycles. The van der Waals surface area contributed by atoms with Crippen LogP contribution >= 0.6 is 14.1 Å². The molecule has 0 fully saturated rings. The molecule has 0 unspecified atom stereocenters. The first kappa shape index (κ1) is 19.4. The van der Waals surface area contributed by atoms with Crippen molar-refractivity contribution in [3.8, 4) is 0 Å². The zero-order valence-electron chi connectivity index (χ0n) is 13.0. The molecule has 118 valence electrons. The first-order valence-corrected chi connectivity index (χ1v) is 8.52. The van der Waals surface area contributed by atoms with Crippen molar-refractivity contribution in [3.63, 3.8) is 0 Å². The van der Waals surface area contributed by atoms with Crippen molar-refractivity contribution in [1.29, 1.82) is 0 Å². The number of rotatable bonds is 3. The molecule has 0 radical (unpaired) electrons. The Labute approximate surface area is 138 Å². The van der Waals surface area contributed by atoms with Gasteiger partial charge in [-0.2, -0.15) is 0 Å². The summed E-state index contributed by atoms with van der Waals surface area (Å²) in [5, 5.41) is 0. The van der Waals surface area contributed by atoms with Gasteiger partial charge in [0.15, 0.2) is 0 Å². The molecule has 0 atom stereocenters. The van der Waals surface area contributed by atoms with Crippen LogP contribution in [0.4, 0.5) is 5.69 Å². The van der Waals surface area contributed by atoms with Crippen molar-refractivity contribution < 1.29 is 14.2 Å². The van der Waals surface area contributed by atoms with Crippen LogP contribution in [0.15, 0.2) is 29.3 Å². The number of nitrogens with zero attached hydrogens (tertiary/aromatic N) is 4. The van der Waals surface area contributed by atoms with E-state index in [1.165, 1.54) is 5.56 Å². The molecule has 0 aliphatic heterocycles. The van der Waals surface area contributed by atoms with Gasteiger partial charge in [0.05, 0.1) is 5.69 Å². The van der Waals surface area contributed by atoms with Gasteiger partial charge in [-0.15, -0.1) is 0 Å². The van der Waals surface area contributed by atoms with Crippen molar-refractivity contribution in [1.82, 2.24) is 14.7 Å². The van der Waals surface area contributed by atoms with E-state index in [1.54, 1.807) is 0 Å². The molecule has 0 bridgehead atoms. The third-order valence-electron chi connectivity index (χ3n) is 2.50. The van der Waals surface area contributed by atoms with Crippen molar-refractivity contribution in [2.24, 2.45) is 4.99 Å². The monoisotopic (exact) mass is 390 g/mol. The van der Waals surface area contributed by atoms with E-state index in [9.17, 15) is 0 Å². The Morgan fingerprint density at radius 3 is 1.95 bits per heavy atom. The third-order valence-corrected chi connectivity index (χ3v) is 2.50. The molecular formula is C14H24BrCuN4. The zero-order chi connectivity index (χ0) is 15.7. The molecular weight excluding hydrogens is 368 g/mol. The van der Waals surface area contributed by atoms with Crippen LogP contribution < -0.4 is 0 Å². The van der Waals surface area contributed by atoms with Crippen molar-refractivity contribution in [2.75, 3.05) is 42.3 Å². The van der Waals surface area contributed by atoms with Crippen LogP contribution in [0.3, 0.4) is 0 Å². The topological polar surface area (TPSA) is 22.1 Å². The van der Waals surface area contributed by atoms with Gasteiger partial charge in [-0.25, -0.2) is 4.99 Å². The van der Waals surface area contributed by atoms with Gasteiger partial charge in [0.25, 0.3) is 0 Å². The van der Waals surface area contributed by atoms with Crippen molar-refractivity contribution in [2.45, 2.75) is 6.54 Å². The maximum absolute atomic E-state index is 4.75. The molecule has 20 heavy (non-hydrogen) atoms. The Balaban J connectivity index is 0.00000172. The summed E-state index contributed by atoms with van der Waals surface area (Å²) in [6.07, 6.45) is 0. The number of aliphatic imine (C=N–C) groups is 1. The fourth-order valence-electron chi connectivity index (χ4n) is 1.80. The van der Waals surface area contributed by atoms with Crippen LogP contribution in [0.2, 0.25) is 0 Å². The molecule has 0 N–H and O–H groups in total. The molecule has 0 heterocycles. The summed E-state index contributed by atoms with van der Waals surface area (Å²) in [5.41, 5.74) is 2.27. The SMILES string of the molecule is CN(C)Cc1ccccc1N=C(N(C)C)N(C)C.[Cu][Br]. The van der Waals surface area contributed by atoms with E-state index in [0.29, 0.717) is 0 Å². The first-order valence-electron chi connectivity index (χ1n) is 6.19. The molecule has 1 rings (SSSR count). The maximum atomic E-state index is 4.75. The Hall–Kier alpha value is -0.551. The Morgan fingerprint density at radius 2 is 1.50 bits per heavy atom. The normalized spacial score (nSPS) is 9.70. The summed E-state index contributed by atoms with van der Waals surface area (Å²) < 4.78 is 0.